The molecule has 0 atom stereocenters. The summed E-state index contributed by atoms with van der Waals surface area (Å²) >= 11 is 0. The van der Waals surface area contributed by atoms with Gasteiger partial charge in [0.2, 0.25) is 0 Å². The number of hydrogen-bond donors (Lipinski definition) is 3. The van der Waals surface area contributed by atoms with Gasteiger partial charge in [-0.25, -0.2) is 17.9 Å². The number of carbonyl (C=O) groups excluding carboxylic acids is 1. The Hall–Kier alpha value is -1.76. The molecule has 0 spiro atoms. The molecule has 0 radical (unpaired) electrons. The topological polar surface area (TPSA) is 101 Å². The predicted molar refractivity (Wildman–Crippen MR) is 60.4 cm³/mol. The molecule has 2 amide bonds. The summed E-state index contributed by atoms with van der Waals surface area (Å²) in [6, 6.07) is 3.57. The van der Waals surface area contributed by atoms with Crippen LogP contribution in [0.1, 0.15) is 5.56 Å². The summed E-state index contributed by atoms with van der Waals surface area (Å²) in [5.74, 6) is 0. The Morgan fingerprint density at radius 1 is 1.31 bits per heavy atom. The van der Waals surface area contributed by atoms with Crippen molar-refractivity contribution in [2.45, 2.75) is 11.8 Å². The van der Waals surface area contributed by atoms with Gasteiger partial charge in [0.15, 0.2) is 0 Å². The molecule has 0 aliphatic carbocycles. The largest absolute Gasteiger partial charge is 0.399 e. The summed E-state index contributed by atoms with van der Waals surface area (Å²) in [7, 11) is -2.53. The second kappa shape index (κ2) is 4.40. The number of nitrogen functional groups attached to an aromatic ring is 1. The van der Waals surface area contributed by atoms with E-state index in [9.17, 15) is 13.2 Å². The third-order valence-electron chi connectivity index (χ3n) is 1.84. The van der Waals surface area contributed by atoms with Gasteiger partial charge in [0.25, 0.3) is 10.0 Å². The second-order valence-electron chi connectivity index (χ2n) is 3.26. The van der Waals surface area contributed by atoms with Crippen LogP contribution in [0.25, 0.3) is 0 Å². The molecule has 0 fully saturated rings. The van der Waals surface area contributed by atoms with E-state index in [4.69, 9.17) is 5.73 Å². The third kappa shape index (κ3) is 2.86. The summed E-state index contributed by atoms with van der Waals surface area (Å²) in [6.07, 6.45) is 0. The zero-order chi connectivity index (χ0) is 12.3. The Balaban J connectivity index is 3.12. The number of aryl methyl sites for hydroxylation is 1. The van der Waals surface area contributed by atoms with Crippen LogP contribution in [0.4, 0.5) is 10.5 Å². The Labute approximate surface area is 93.9 Å². The van der Waals surface area contributed by atoms with E-state index < -0.39 is 16.1 Å². The number of nitrogens with two attached hydrogens (primary N) is 1. The van der Waals surface area contributed by atoms with Crippen LogP contribution in [0.15, 0.2) is 23.1 Å². The second-order valence-corrected chi connectivity index (χ2v) is 4.95. The summed E-state index contributed by atoms with van der Waals surface area (Å²) in [5.41, 5.74) is 6.56. The minimum atomic E-state index is -3.86. The molecule has 88 valence electrons. The number of anilines is 1. The summed E-state index contributed by atoms with van der Waals surface area (Å²) in [4.78, 5) is 10.9. The van der Waals surface area contributed by atoms with Gasteiger partial charge in [-0.1, -0.05) is 0 Å². The van der Waals surface area contributed by atoms with E-state index in [1.165, 1.54) is 19.2 Å². The molecule has 4 N–H and O–H groups in total. The molecule has 0 saturated heterocycles. The lowest BCUT2D eigenvalue weighted by Gasteiger charge is -2.07. The van der Waals surface area contributed by atoms with Gasteiger partial charge in [-0.15, -0.1) is 0 Å². The highest BCUT2D eigenvalue weighted by molar-refractivity contribution is 7.90. The van der Waals surface area contributed by atoms with Crippen LogP contribution in [0.2, 0.25) is 0 Å². The van der Waals surface area contributed by atoms with Crippen LogP contribution in [0.3, 0.4) is 0 Å². The third-order valence-corrected chi connectivity index (χ3v) is 3.15. The number of amides is 2. The SMILES string of the molecule is CNC(=O)NS(=O)(=O)c1cc(C)cc(N)c1. The van der Waals surface area contributed by atoms with Crippen LogP contribution in [-0.2, 0) is 10.0 Å². The van der Waals surface area contributed by atoms with Crippen molar-refractivity contribution < 1.29 is 13.2 Å². The quantitative estimate of drug-likeness (QED) is 0.645. The molecule has 0 unspecified atom stereocenters. The fraction of sp³-hybridized carbons (Fsp3) is 0.222. The highest BCUT2D eigenvalue weighted by Crippen LogP contribution is 2.15. The number of hydrogen-bond acceptors (Lipinski definition) is 4. The maximum absolute atomic E-state index is 11.7. The predicted octanol–water partition coefficient (Wildman–Crippen LogP) is 0.195. The highest BCUT2D eigenvalue weighted by Gasteiger charge is 2.17. The first-order valence-electron chi connectivity index (χ1n) is 4.47. The van der Waals surface area contributed by atoms with E-state index in [1.54, 1.807) is 13.0 Å². The molecule has 0 aliphatic rings. The number of rotatable bonds is 2. The van der Waals surface area contributed by atoms with Crippen molar-refractivity contribution in [2.24, 2.45) is 0 Å². The van der Waals surface area contributed by atoms with Crippen LogP contribution in [0, 0.1) is 6.92 Å². The number of sulfonamides is 1. The highest BCUT2D eigenvalue weighted by atomic mass is 32.2. The van der Waals surface area contributed by atoms with E-state index in [0.29, 0.717) is 11.3 Å². The lowest BCUT2D eigenvalue weighted by molar-refractivity contribution is 0.248. The average Bonchev–Trinajstić information content (AvgIpc) is 2.15. The first-order chi connectivity index (χ1) is 7.35. The lowest BCUT2D eigenvalue weighted by atomic mass is 10.2. The van der Waals surface area contributed by atoms with Gasteiger partial charge in [0, 0.05) is 12.7 Å². The maximum atomic E-state index is 11.7. The monoisotopic (exact) mass is 243 g/mol. The standard InChI is InChI=1S/C9H13N3O3S/c1-6-3-7(10)5-8(4-6)16(14,15)12-9(13)11-2/h3-5H,10H2,1-2H3,(H2,11,12,13). The average molecular weight is 243 g/mol. The Morgan fingerprint density at radius 2 is 1.94 bits per heavy atom. The van der Waals surface area contributed by atoms with Gasteiger partial charge in [-0.3, -0.25) is 0 Å². The first-order valence-corrected chi connectivity index (χ1v) is 5.95. The molecule has 6 nitrogen and oxygen atoms in total. The number of benzene rings is 1. The number of urea groups is 1. The van der Waals surface area contributed by atoms with E-state index in [-0.39, 0.29) is 4.90 Å². The zero-order valence-electron chi connectivity index (χ0n) is 8.94. The fourth-order valence-electron chi connectivity index (χ4n) is 1.16. The molecule has 0 saturated carbocycles. The van der Waals surface area contributed by atoms with Crippen molar-refractivity contribution in [2.75, 3.05) is 12.8 Å². The van der Waals surface area contributed by atoms with Gasteiger partial charge in [0.1, 0.15) is 0 Å². The molecule has 0 aromatic heterocycles. The van der Waals surface area contributed by atoms with Crippen molar-refractivity contribution in [3.63, 3.8) is 0 Å². The van der Waals surface area contributed by atoms with Gasteiger partial charge < -0.3 is 11.1 Å². The maximum Gasteiger partial charge on any atom is 0.328 e. The van der Waals surface area contributed by atoms with E-state index in [1.807, 2.05) is 4.72 Å². The molecule has 0 heterocycles. The molecule has 0 aliphatic heterocycles. The first kappa shape index (κ1) is 12.3. The molecule has 1 aromatic carbocycles. The van der Waals surface area contributed by atoms with E-state index in [2.05, 4.69) is 5.32 Å². The molecular weight excluding hydrogens is 230 g/mol. The number of carbonyl (C=O) groups is 1. The van der Waals surface area contributed by atoms with Crippen LogP contribution < -0.4 is 15.8 Å². The molecule has 16 heavy (non-hydrogen) atoms. The van der Waals surface area contributed by atoms with Crippen molar-refractivity contribution in [3.05, 3.63) is 23.8 Å². The zero-order valence-corrected chi connectivity index (χ0v) is 9.76. The minimum absolute atomic E-state index is 0.0337. The van der Waals surface area contributed by atoms with E-state index >= 15 is 0 Å². The smallest absolute Gasteiger partial charge is 0.328 e. The van der Waals surface area contributed by atoms with Crippen LogP contribution >= 0.6 is 0 Å². The molecule has 1 aromatic rings. The van der Waals surface area contributed by atoms with Gasteiger partial charge >= 0.3 is 6.03 Å². The van der Waals surface area contributed by atoms with Gasteiger partial charge in [-0.05, 0) is 30.7 Å². The Morgan fingerprint density at radius 3 is 2.44 bits per heavy atom. The van der Waals surface area contributed by atoms with Crippen LogP contribution in [0.5, 0.6) is 0 Å². The van der Waals surface area contributed by atoms with Crippen molar-refractivity contribution >= 4 is 21.7 Å². The Bertz CT molecular complexity index is 490. The van der Waals surface area contributed by atoms with Gasteiger partial charge in [0.05, 0.1) is 4.90 Å². The lowest BCUT2D eigenvalue weighted by Crippen LogP contribution is -2.37. The normalized spacial score (nSPS) is 10.9. The van der Waals surface area contributed by atoms with Gasteiger partial charge in [-0.2, -0.15) is 0 Å². The molecule has 1 rings (SSSR count). The van der Waals surface area contributed by atoms with E-state index in [0.717, 1.165) is 0 Å². The van der Waals surface area contributed by atoms with Crippen molar-refractivity contribution in [1.29, 1.82) is 0 Å². The Kier molecular flexibility index (Phi) is 3.38. The minimum Gasteiger partial charge on any atom is -0.399 e. The van der Waals surface area contributed by atoms with Crippen LogP contribution in [-0.4, -0.2) is 21.5 Å². The molecule has 7 heteroatoms. The molecular formula is C9H13N3O3S. The number of nitrogens with one attached hydrogen (secondary N) is 2. The molecule has 0 bridgehead atoms. The summed E-state index contributed by atoms with van der Waals surface area (Å²) in [5, 5.41) is 2.16. The summed E-state index contributed by atoms with van der Waals surface area (Å²) in [6.45, 7) is 1.72. The summed E-state index contributed by atoms with van der Waals surface area (Å²) < 4.78 is 25.2. The van der Waals surface area contributed by atoms with Crippen molar-refractivity contribution in [3.8, 4) is 0 Å². The van der Waals surface area contributed by atoms with Crippen molar-refractivity contribution in [1.82, 2.24) is 10.0 Å². The fourth-order valence-corrected chi connectivity index (χ4v) is 2.26.